The summed E-state index contributed by atoms with van der Waals surface area (Å²) in [6.45, 7) is 2.52. The zero-order valence-electron chi connectivity index (χ0n) is 6.76. The van der Waals surface area contributed by atoms with Gasteiger partial charge in [-0.15, -0.1) is 0 Å². The van der Waals surface area contributed by atoms with Gasteiger partial charge in [-0.3, -0.25) is 0 Å². The first-order chi connectivity index (χ1) is 5.25. The van der Waals surface area contributed by atoms with Crippen LogP contribution < -0.4 is 5.73 Å². The molecule has 0 aliphatic heterocycles. The summed E-state index contributed by atoms with van der Waals surface area (Å²) in [5, 5.41) is 3.62. The van der Waals surface area contributed by atoms with Gasteiger partial charge in [-0.25, -0.2) is 0 Å². The van der Waals surface area contributed by atoms with Crippen molar-refractivity contribution < 1.29 is 9.26 Å². The van der Waals surface area contributed by atoms with E-state index in [0.29, 0.717) is 12.4 Å². The number of nitrogen functional groups attached to an aromatic ring is 1. The van der Waals surface area contributed by atoms with E-state index >= 15 is 0 Å². The lowest BCUT2D eigenvalue weighted by Crippen LogP contribution is -1.95. The summed E-state index contributed by atoms with van der Waals surface area (Å²) in [4.78, 5) is 0. The molecule has 0 saturated carbocycles. The number of aromatic nitrogens is 1. The third-order valence-corrected chi connectivity index (χ3v) is 1.59. The van der Waals surface area contributed by atoms with Crippen molar-refractivity contribution in [2.24, 2.45) is 0 Å². The van der Waals surface area contributed by atoms with Gasteiger partial charge in [0, 0.05) is 19.1 Å². The minimum absolute atomic E-state index is 0.469. The van der Waals surface area contributed by atoms with Crippen molar-refractivity contribution in [1.82, 2.24) is 5.16 Å². The van der Waals surface area contributed by atoms with E-state index in [1.54, 1.807) is 7.11 Å². The number of methoxy groups -OCH3 is 1. The van der Waals surface area contributed by atoms with E-state index in [2.05, 4.69) is 5.16 Å². The molecule has 0 saturated heterocycles. The van der Waals surface area contributed by atoms with Crippen molar-refractivity contribution >= 4 is 5.82 Å². The maximum Gasteiger partial charge on any atom is 0.169 e. The molecular weight excluding hydrogens is 144 g/mol. The monoisotopic (exact) mass is 156 g/mol. The fraction of sp³-hybridized carbons (Fsp3) is 0.571. The summed E-state index contributed by atoms with van der Waals surface area (Å²) in [6.07, 6.45) is 0.729. The maximum atomic E-state index is 5.47. The molecule has 4 heteroatoms. The zero-order valence-corrected chi connectivity index (χ0v) is 6.76. The molecule has 2 N–H and O–H groups in total. The molecule has 1 aromatic rings. The molecule has 1 aromatic heterocycles. The lowest BCUT2D eigenvalue weighted by molar-refractivity contribution is 0.193. The van der Waals surface area contributed by atoms with Gasteiger partial charge in [0.2, 0.25) is 0 Å². The molecule has 4 nitrogen and oxygen atoms in total. The Labute approximate surface area is 65.3 Å². The predicted molar refractivity (Wildman–Crippen MR) is 41.2 cm³/mol. The summed E-state index contributed by atoms with van der Waals surface area (Å²) in [6, 6.07) is 0. The highest BCUT2D eigenvalue weighted by atomic mass is 16.5. The molecule has 0 fully saturated rings. The normalized spacial score (nSPS) is 10.4. The fourth-order valence-corrected chi connectivity index (χ4v) is 0.812. The van der Waals surface area contributed by atoms with Crippen molar-refractivity contribution in [3.63, 3.8) is 0 Å². The topological polar surface area (TPSA) is 61.3 Å². The van der Waals surface area contributed by atoms with Crippen LogP contribution in [0.5, 0.6) is 0 Å². The van der Waals surface area contributed by atoms with Crippen molar-refractivity contribution in [3.8, 4) is 0 Å². The Morgan fingerprint density at radius 3 is 2.82 bits per heavy atom. The molecule has 0 aliphatic rings. The summed E-state index contributed by atoms with van der Waals surface area (Å²) in [5.74, 6) is 1.28. The van der Waals surface area contributed by atoms with Gasteiger partial charge in [-0.05, 0) is 6.92 Å². The Kier molecular flexibility index (Phi) is 2.48. The molecule has 0 radical (unpaired) electrons. The summed E-state index contributed by atoms with van der Waals surface area (Å²) < 4.78 is 9.82. The van der Waals surface area contributed by atoms with Gasteiger partial charge < -0.3 is 15.0 Å². The third-order valence-electron chi connectivity index (χ3n) is 1.59. The highest BCUT2D eigenvalue weighted by Crippen LogP contribution is 2.14. The second kappa shape index (κ2) is 3.39. The van der Waals surface area contributed by atoms with Gasteiger partial charge in [-0.1, -0.05) is 5.16 Å². The van der Waals surface area contributed by atoms with Gasteiger partial charge in [0.1, 0.15) is 5.76 Å². The smallest absolute Gasteiger partial charge is 0.169 e. The number of hydrogen-bond acceptors (Lipinski definition) is 4. The van der Waals surface area contributed by atoms with Gasteiger partial charge in [0.15, 0.2) is 5.82 Å². The van der Waals surface area contributed by atoms with E-state index in [9.17, 15) is 0 Å². The molecule has 62 valence electrons. The first-order valence-corrected chi connectivity index (χ1v) is 3.45. The van der Waals surface area contributed by atoms with E-state index in [1.165, 1.54) is 0 Å². The van der Waals surface area contributed by atoms with Crippen LogP contribution in [0.2, 0.25) is 0 Å². The molecule has 11 heavy (non-hydrogen) atoms. The van der Waals surface area contributed by atoms with Gasteiger partial charge in [-0.2, -0.15) is 0 Å². The molecule has 0 unspecified atom stereocenters. The number of rotatable bonds is 3. The Balaban J connectivity index is 2.63. The molecule has 0 bridgehead atoms. The van der Waals surface area contributed by atoms with E-state index < -0.39 is 0 Å². The molecule has 0 aliphatic carbocycles. The quantitative estimate of drug-likeness (QED) is 0.701. The summed E-state index contributed by atoms with van der Waals surface area (Å²) >= 11 is 0. The molecular formula is C7H12N2O2. The molecule has 0 aromatic carbocycles. The lowest BCUT2D eigenvalue weighted by Gasteiger charge is -1.94. The van der Waals surface area contributed by atoms with Crippen LogP contribution in [-0.2, 0) is 11.2 Å². The van der Waals surface area contributed by atoms with Gasteiger partial charge in [0.05, 0.1) is 6.61 Å². The Hall–Kier alpha value is -1.03. The van der Waals surface area contributed by atoms with Crippen LogP contribution in [0.25, 0.3) is 0 Å². The van der Waals surface area contributed by atoms with Crippen molar-refractivity contribution in [1.29, 1.82) is 0 Å². The minimum Gasteiger partial charge on any atom is -0.384 e. The maximum absolute atomic E-state index is 5.47. The van der Waals surface area contributed by atoms with Gasteiger partial charge in [0.25, 0.3) is 0 Å². The van der Waals surface area contributed by atoms with Crippen LogP contribution in [0.3, 0.4) is 0 Å². The molecule has 0 amide bonds. The second-order valence-corrected chi connectivity index (χ2v) is 2.36. The zero-order chi connectivity index (χ0) is 8.27. The summed E-state index contributed by atoms with van der Waals surface area (Å²) in [7, 11) is 1.65. The highest BCUT2D eigenvalue weighted by molar-refractivity contribution is 5.38. The van der Waals surface area contributed by atoms with E-state index in [4.69, 9.17) is 15.0 Å². The number of hydrogen-bond donors (Lipinski definition) is 1. The Bertz CT molecular complexity index is 232. The number of ether oxygens (including phenoxy) is 1. The van der Waals surface area contributed by atoms with Crippen LogP contribution in [0, 0.1) is 6.92 Å². The van der Waals surface area contributed by atoms with Crippen LogP contribution >= 0.6 is 0 Å². The molecule has 0 spiro atoms. The highest BCUT2D eigenvalue weighted by Gasteiger charge is 2.07. The van der Waals surface area contributed by atoms with Crippen molar-refractivity contribution in [2.75, 3.05) is 19.5 Å². The van der Waals surface area contributed by atoms with Crippen molar-refractivity contribution in [3.05, 3.63) is 11.3 Å². The van der Waals surface area contributed by atoms with Crippen LogP contribution in [0.1, 0.15) is 11.3 Å². The standard InChI is InChI=1S/C7H12N2O2/c1-5-6(3-4-10-2)11-9-7(5)8/h3-4H2,1-2H3,(H2,8,9). The number of nitrogens with two attached hydrogens (primary N) is 1. The first-order valence-electron chi connectivity index (χ1n) is 3.45. The van der Waals surface area contributed by atoms with Crippen LogP contribution in [0.15, 0.2) is 4.52 Å². The Morgan fingerprint density at radius 1 is 1.64 bits per heavy atom. The molecule has 1 heterocycles. The SMILES string of the molecule is COCCc1onc(N)c1C. The number of anilines is 1. The second-order valence-electron chi connectivity index (χ2n) is 2.36. The van der Waals surface area contributed by atoms with E-state index in [0.717, 1.165) is 17.7 Å². The van der Waals surface area contributed by atoms with E-state index in [-0.39, 0.29) is 0 Å². The lowest BCUT2D eigenvalue weighted by atomic mass is 10.2. The first kappa shape index (κ1) is 8.07. The fourth-order valence-electron chi connectivity index (χ4n) is 0.812. The average Bonchev–Trinajstić information content (AvgIpc) is 2.31. The Morgan fingerprint density at radius 2 is 2.36 bits per heavy atom. The number of nitrogens with zero attached hydrogens (tertiary/aromatic N) is 1. The largest absolute Gasteiger partial charge is 0.384 e. The van der Waals surface area contributed by atoms with Crippen LogP contribution in [-0.4, -0.2) is 18.9 Å². The summed E-state index contributed by atoms with van der Waals surface area (Å²) in [5.41, 5.74) is 6.39. The average molecular weight is 156 g/mol. The minimum atomic E-state index is 0.469. The van der Waals surface area contributed by atoms with Gasteiger partial charge >= 0.3 is 0 Å². The molecule has 0 atom stereocenters. The van der Waals surface area contributed by atoms with Crippen molar-refractivity contribution in [2.45, 2.75) is 13.3 Å². The van der Waals surface area contributed by atoms with Crippen LogP contribution in [0.4, 0.5) is 5.82 Å². The predicted octanol–water partition coefficient (Wildman–Crippen LogP) is 0.754. The third kappa shape index (κ3) is 1.71. The van der Waals surface area contributed by atoms with E-state index in [1.807, 2.05) is 6.92 Å². The molecule has 1 rings (SSSR count).